The summed E-state index contributed by atoms with van der Waals surface area (Å²) in [6, 6.07) is 0. The standard InChI is InChI=1S/C8H12Cl2Si/c1-11(9,10)8-4-2-7(6-8)3-5-8/h2,4,7H,3,5-6H2,1H3. The predicted molar refractivity (Wildman–Crippen MR) is 52.5 cm³/mol. The molecule has 0 saturated heterocycles. The smallest absolute Gasteiger partial charge is 0.145 e. The lowest BCUT2D eigenvalue weighted by Gasteiger charge is -2.31. The van der Waals surface area contributed by atoms with E-state index >= 15 is 0 Å². The average Bonchev–Trinajstić information content (AvgIpc) is 2.42. The molecule has 62 valence electrons. The molecule has 2 atom stereocenters. The van der Waals surface area contributed by atoms with Crippen LogP contribution in [-0.2, 0) is 0 Å². The molecule has 2 aliphatic rings. The first-order valence-corrected chi connectivity index (χ1v) is 8.63. The minimum absolute atomic E-state index is 0.237. The fourth-order valence-electron chi connectivity index (χ4n) is 2.30. The fraction of sp³-hybridized carbons (Fsp3) is 0.750. The van der Waals surface area contributed by atoms with E-state index < -0.39 is 6.69 Å². The molecule has 0 amide bonds. The minimum Gasteiger partial charge on any atom is -0.145 e. The topological polar surface area (TPSA) is 0 Å². The van der Waals surface area contributed by atoms with Crippen LogP contribution in [0.4, 0.5) is 0 Å². The molecule has 2 bridgehead atoms. The van der Waals surface area contributed by atoms with Crippen molar-refractivity contribution < 1.29 is 0 Å². The molecular weight excluding hydrogens is 195 g/mol. The first kappa shape index (κ1) is 8.15. The van der Waals surface area contributed by atoms with Gasteiger partial charge in [-0.3, -0.25) is 0 Å². The van der Waals surface area contributed by atoms with Crippen molar-refractivity contribution in [3.05, 3.63) is 12.2 Å². The van der Waals surface area contributed by atoms with Gasteiger partial charge in [0.15, 0.2) is 0 Å². The average molecular weight is 207 g/mol. The number of allylic oxidation sites excluding steroid dienone is 2. The Morgan fingerprint density at radius 1 is 1.55 bits per heavy atom. The summed E-state index contributed by atoms with van der Waals surface area (Å²) >= 11 is 12.6. The zero-order valence-electron chi connectivity index (χ0n) is 6.61. The summed E-state index contributed by atoms with van der Waals surface area (Å²) in [5, 5.41) is 0.237. The molecule has 0 heterocycles. The molecule has 2 rings (SSSR count). The van der Waals surface area contributed by atoms with Crippen molar-refractivity contribution in [3.8, 4) is 0 Å². The molecule has 0 aromatic carbocycles. The van der Waals surface area contributed by atoms with E-state index in [1.54, 1.807) is 0 Å². The molecule has 1 fully saturated rings. The number of rotatable bonds is 1. The summed E-state index contributed by atoms with van der Waals surface area (Å²) in [6.07, 6.45) is 8.35. The first-order chi connectivity index (χ1) is 5.04. The number of fused-ring (bicyclic) bond motifs is 2. The van der Waals surface area contributed by atoms with Crippen LogP contribution in [0.15, 0.2) is 12.2 Å². The van der Waals surface area contributed by atoms with Crippen LogP contribution < -0.4 is 0 Å². The van der Waals surface area contributed by atoms with E-state index in [2.05, 4.69) is 12.2 Å². The maximum atomic E-state index is 6.28. The molecular formula is C8H12Cl2Si. The van der Waals surface area contributed by atoms with Crippen molar-refractivity contribution >= 4 is 28.9 Å². The van der Waals surface area contributed by atoms with Gasteiger partial charge >= 0.3 is 0 Å². The molecule has 0 spiro atoms. The van der Waals surface area contributed by atoms with E-state index in [1.807, 2.05) is 6.55 Å². The summed E-state index contributed by atoms with van der Waals surface area (Å²) in [7, 11) is 0. The SMILES string of the molecule is C[Si](Cl)(Cl)C12C=CC(CC1)C2. The van der Waals surface area contributed by atoms with Gasteiger partial charge in [-0.15, -0.1) is 22.2 Å². The Hall–Kier alpha value is 0.537. The molecule has 0 aromatic heterocycles. The van der Waals surface area contributed by atoms with Crippen LogP contribution in [0.1, 0.15) is 19.3 Å². The quantitative estimate of drug-likeness (QED) is 0.350. The highest BCUT2D eigenvalue weighted by atomic mass is 35.7. The monoisotopic (exact) mass is 206 g/mol. The minimum atomic E-state index is -1.98. The molecule has 0 aliphatic heterocycles. The van der Waals surface area contributed by atoms with Gasteiger partial charge in [-0.2, -0.15) is 0 Å². The molecule has 0 N–H and O–H groups in total. The highest BCUT2D eigenvalue weighted by molar-refractivity contribution is 7.46. The summed E-state index contributed by atoms with van der Waals surface area (Å²) in [5.41, 5.74) is 0. The predicted octanol–water partition coefficient (Wildman–Crippen LogP) is 3.65. The molecule has 0 radical (unpaired) electrons. The van der Waals surface area contributed by atoms with Gasteiger partial charge in [0.25, 0.3) is 6.69 Å². The van der Waals surface area contributed by atoms with Crippen LogP contribution in [0, 0.1) is 5.92 Å². The van der Waals surface area contributed by atoms with Crippen molar-refractivity contribution in [1.82, 2.24) is 0 Å². The summed E-state index contributed by atoms with van der Waals surface area (Å²) < 4.78 is 0. The molecule has 11 heavy (non-hydrogen) atoms. The van der Waals surface area contributed by atoms with Crippen LogP contribution in [-0.4, -0.2) is 6.69 Å². The van der Waals surface area contributed by atoms with Gasteiger partial charge in [0, 0.05) is 5.04 Å². The van der Waals surface area contributed by atoms with E-state index in [1.165, 1.54) is 19.3 Å². The summed E-state index contributed by atoms with van der Waals surface area (Å²) in [5.74, 6) is 0.791. The van der Waals surface area contributed by atoms with Crippen LogP contribution in [0.2, 0.25) is 11.6 Å². The zero-order chi connectivity index (χ0) is 8.11. The summed E-state index contributed by atoms with van der Waals surface area (Å²) in [6.45, 7) is 0.0746. The van der Waals surface area contributed by atoms with Crippen LogP contribution in [0.3, 0.4) is 0 Å². The van der Waals surface area contributed by atoms with Crippen molar-refractivity contribution in [3.63, 3.8) is 0 Å². The Labute approximate surface area is 78.0 Å². The van der Waals surface area contributed by atoms with E-state index in [0.717, 1.165) is 5.92 Å². The van der Waals surface area contributed by atoms with E-state index in [4.69, 9.17) is 22.2 Å². The third-order valence-electron chi connectivity index (χ3n) is 3.15. The van der Waals surface area contributed by atoms with Gasteiger partial charge < -0.3 is 0 Å². The molecule has 3 heteroatoms. The van der Waals surface area contributed by atoms with Crippen molar-refractivity contribution in [1.29, 1.82) is 0 Å². The Kier molecular flexibility index (Phi) is 1.68. The maximum absolute atomic E-state index is 6.28. The highest BCUT2D eigenvalue weighted by Gasteiger charge is 2.53. The van der Waals surface area contributed by atoms with Crippen LogP contribution in [0.5, 0.6) is 0 Å². The lowest BCUT2D eigenvalue weighted by molar-refractivity contribution is 0.696. The molecule has 0 aromatic rings. The van der Waals surface area contributed by atoms with Gasteiger partial charge in [0.2, 0.25) is 0 Å². The second kappa shape index (κ2) is 2.27. The Morgan fingerprint density at radius 3 is 2.45 bits per heavy atom. The number of hydrogen-bond acceptors (Lipinski definition) is 0. The Bertz CT molecular complexity index is 207. The van der Waals surface area contributed by atoms with Gasteiger partial charge in [0.1, 0.15) is 0 Å². The summed E-state index contributed by atoms with van der Waals surface area (Å²) in [4.78, 5) is 0. The lowest BCUT2D eigenvalue weighted by Crippen LogP contribution is -2.30. The van der Waals surface area contributed by atoms with Crippen molar-refractivity contribution in [2.45, 2.75) is 30.8 Å². The molecule has 1 saturated carbocycles. The Balaban J connectivity index is 2.31. The lowest BCUT2D eigenvalue weighted by atomic mass is 10.1. The first-order valence-electron chi connectivity index (χ1n) is 4.11. The van der Waals surface area contributed by atoms with Crippen molar-refractivity contribution in [2.75, 3.05) is 0 Å². The van der Waals surface area contributed by atoms with Crippen molar-refractivity contribution in [2.24, 2.45) is 5.92 Å². The van der Waals surface area contributed by atoms with Crippen LogP contribution >= 0.6 is 22.2 Å². The van der Waals surface area contributed by atoms with E-state index in [9.17, 15) is 0 Å². The van der Waals surface area contributed by atoms with E-state index in [-0.39, 0.29) is 5.04 Å². The van der Waals surface area contributed by atoms with Gasteiger partial charge in [0.05, 0.1) is 0 Å². The molecule has 2 aliphatic carbocycles. The third-order valence-corrected chi connectivity index (χ3v) is 7.78. The van der Waals surface area contributed by atoms with Gasteiger partial charge in [-0.1, -0.05) is 12.2 Å². The van der Waals surface area contributed by atoms with Gasteiger partial charge in [-0.25, -0.2) is 0 Å². The normalized spacial score (nSPS) is 41.9. The Morgan fingerprint density at radius 2 is 2.27 bits per heavy atom. The largest absolute Gasteiger partial charge is 0.257 e. The molecule has 2 unspecified atom stereocenters. The third kappa shape index (κ3) is 1.09. The fourth-order valence-corrected chi connectivity index (χ4v) is 5.30. The zero-order valence-corrected chi connectivity index (χ0v) is 9.12. The second-order valence-electron chi connectivity index (χ2n) is 3.91. The van der Waals surface area contributed by atoms with Gasteiger partial charge in [-0.05, 0) is 31.7 Å². The number of halogens is 2. The van der Waals surface area contributed by atoms with Crippen LogP contribution in [0.25, 0.3) is 0 Å². The number of hydrogen-bond donors (Lipinski definition) is 0. The van der Waals surface area contributed by atoms with E-state index in [0.29, 0.717) is 0 Å². The second-order valence-corrected chi connectivity index (χ2v) is 11.8. The maximum Gasteiger partial charge on any atom is 0.257 e. The molecule has 0 nitrogen and oxygen atoms in total. The highest BCUT2D eigenvalue weighted by Crippen LogP contribution is 2.62.